The molecule has 0 amide bonds. The van der Waals surface area contributed by atoms with Crippen LogP contribution in [-0.2, 0) is 11.2 Å². The number of hydrogen-bond donors (Lipinski definition) is 6. The van der Waals surface area contributed by atoms with Gasteiger partial charge >= 0.3 is 19.1 Å². The molecule has 1 aliphatic heterocycles. The van der Waals surface area contributed by atoms with Crippen LogP contribution in [0.5, 0.6) is 11.5 Å². The number of ether oxygens (including phenoxy) is 1. The van der Waals surface area contributed by atoms with E-state index < -0.39 is 35.9 Å². The van der Waals surface area contributed by atoms with Crippen molar-refractivity contribution in [2.75, 3.05) is 19.6 Å². The molecule has 0 spiro atoms. The number of carboxylic acid groups (broad SMARTS) is 2. The summed E-state index contributed by atoms with van der Waals surface area (Å²) in [6.07, 6.45) is -0.325. The van der Waals surface area contributed by atoms with E-state index in [9.17, 15) is 19.8 Å². The van der Waals surface area contributed by atoms with Gasteiger partial charge in [-0.1, -0.05) is 6.07 Å². The Balaban J connectivity index is 2.04. The second-order valence-corrected chi connectivity index (χ2v) is 6.93. The fourth-order valence-corrected chi connectivity index (χ4v) is 2.84. The minimum Gasteiger partial charge on any atom is -0.507 e. The highest BCUT2D eigenvalue weighted by Gasteiger charge is 2.37. The molecule has 0 radical (unpaired) electrons. The van der Waals surface area contributed by atoms with Crippen LogP contribution in [-0.4, -0.2) is 80.6 Å². The van der Waals surface area contributed by atoms with Crippen molar-refractivity contribution in [2.45, 2.75) is 31.3 Å². The number of aromatic carboxylic acids is 1. The molecule has 7 N–H and O–H groups in total. The number of nitrogens with two attached hydrogens (primary N) is 1. The van der Waals surface area contributed by atoms with Crippen molar-refractivity contribution >= 4 is 19.1 Å². The lowest BCUT2D eigenvalue weighted by Gasteiger charge is -2.41. The number of rotatable bonds is 9. The van der Waals surface area contributed by atoms with E-state index in [4.69, 9.17) is 25.6 Å². The van der Waals surface area contributed by atoms with Crippen molar-refractivity contribution in [3.63, 3.8) is 0 Å². The topological polar surface area (TPSA) is 174 Å². The smallest absolute Gasteiger partial charge is 0.451 e. The van der Waals surface area contributed by atoms with Crippen LogP contribution in [0.2, 0.25) is 6.32 Å². The summed E-state index contributed by atoms with van der Waals surface area (Å²) < 4.78 is 5.64. The largest absolute Gasteiger partial charge is 0.507 e. The summed E-state index contributed by atoms with van der Waals surface area (Å²) in [4.78, 5) is 24.3. The number of carbonyl (C=O) groups is 2. The van der Waals surface area contributed by atoms with Crippen molar-refractivity contribution in [1.29, 1.82) is 0 Å². The molecule has 0 aromatic heterocycles. The van der Waals surface area contributed by atoms with Gasteiger partial charge in [0.05, 0.1) is 0 Å². The van der Waals surface area contributed by atoms with Gasteiger partial charge in [0.1, 0.15) is 28.7 Å². The van der Waals surface area contributed by atoms with E-state index in [0.29, 0.717) is 13.1 Å². The first kappa shape index (κ1) is 21.0. The Hall–Kier alpha value is -2.34. The molecule has 11 heteroatoms. The lowest BCUT2D eigenvalue weighted by molar-refractivity contribution is -0.144. The van der Waals surface area contributed by atoms with Gasteiger partial charge in [-0.05, 0) is 31.3 Å². The summed E-state index contributed by atoms with van der Waals surface area (Å²) in [7, 11) is -1.56. The number of benzene rings is 1. The van der Waals surface area contributed by atoms with E-state index in [0.717, 1.165) is 0 Å². The first-order valence-electron chi connectivity index (χ1n) is 8.37. The zero-order chi connectivity index (χ0) is 20.4. The second-order valence-electron chi connectivity index (χ2n) is 6.93. The number of carboxylic acids is 2. The fraction of sp³-hybridized carbons (Fsp3) is 0.500. The normalized spacial score (nSPS) is 17.0. The lowest BCUT2D eigenvalue weighted by atomic mass is 9.82. The zero-order valence-electron chi connectivity index (χ0n) is 14.8. The first-order chi connectivity index (χ1) is 12.5. The molecular formula is C16H23BN2O8. The maximum Gasteiger partial charge on any atom is 0.451 e. The van der Waals surface area contributed by atoms with E-state index in [-0.39, 0.29) is 36.7 Å². The highest BCUT2D eigenvalue weighted by molar-refractivity contribution is 6.41. The molecule has 0 saturated carbocycles. The number of aromatic hydroxyl groups is 1. The summed E-state index contributed by atoms with van der Waals surface area (Å²) in [5.74, 6) is -2.97. The Morgan fingerprint density at radius 3 is 2.48 bits per heavy atom. The minimum atomic E-state index is -1.56. The maximum absolute atomic E-state index is 11.5. The van der Waals surface area contributed by atoms with Crippen LogP contribution >= 0.6 is 0 Å². The number of nitrogens with zero attached hydrogens (tertiary/aromatic N) is 1. The Labute approximate surface area is 155 Å². The van der Waals surface area contributed by atoms with E-state index in [1.165, 1.54) is 19.1 Å². The third-order valence-corrected chi connectivity index (χ3v) is 4.37. The van der Waals surface area contributed by atoms with E-state index in [2.05, 4.69) is 0 Å². The molecule has 148 valence electrons. The van der Waals surface area contributed by atoms with Gasteiger partial charge in [-0.25, -0.2) is 4.79 Å². The number of aliphatic carboxylic acids is 1. The van der Waals surface area contributed by atoms with Gasteiger partial charge in [-0.15, -0.1) is 0 Å². The summed E-state index contributed by atoms with van der Waals surface area (Å²) in [5.41, 5.74) is 4.17. The van der Waals surface area contributed by atoms with E-state index in [1.807, 2.05) is 0 Å². The van der Waals surface area contributed by atoms with Crippen molar-refractivity contribution in [3.05, 3.63) is 23.3 Å². The van der Waals surface area contributed by atoms with Gasteiger partial charge < -0.3 is 35.8 Å². The van der Waals surface area contributed by atoms with Crippen molar-refractivity contribution < 1.29 is 39.7 Å². The molecule has 0 bridgehead atoms. The summed E-state index contributed by atoms with van der Waals surface area (Å²) >= 11 is 0. The highest BCUT2D eigenvalue weighted by Crippen LogP contribution is 2.34. The van der Waals surface area contributed by atoms with E-state index in [1.54, 1.807) is 4.90 Å². The average molecular weight is 382 g/mol. The quantitative estimate of drug-likeness (QED) is 0.290. The molecule has 1 heterocycles. The Morgan fingerprint density at radius 1 is 1.33 bits per heavy atom. The molecule has 1 aromatic rings. The lowest BCUT2D eigenvalue weighted by Crippen LogP contribution is -2.62. The van der Waals surface area contributed by atoms with E-state index >= 15 is 0 Å². The van der Waals surface area contributed by atoms with Crippen molar-refractivity contribution in [3.8, 4) is 11.5 Å². The third kappa shape index (κ3) is 5.10. The predicted molar refractivity (Wildman–Crippen MR) is 94.9 cm³/mol. The van der Waals surface area contributed by atoms with Crippen LogP contribution in [0.15, 0.2) is 12.1 Å². The summed E-state index contributed by atoms with van der Waals surface area (Å²) in [5, 5.41) is 46.5. The fourth-order valence-electron chi connectivity index (χ4n) is 2.84. The van der Waals surface area contributed by atoms with Crippen LogP contribution in [0.25, 0.3) is 0 Å². The Morgan fingerprint density at radius 2 is 1.96 bits per heavy atom. The van der Waals surface area contributed by atoms with Gasteiger partial charge in [0.25, 0.3) is 0 Å². The predicted octanol–water partition coefficient (Wildman–Crippen LogP) is -1.03. The molecule has 1 fully saturated rings. The molecule has 1 aromatic carbocycles. The molecule has 27 heavy (non-hydrogen) atoms. The number of aryl methyl sites for hydroxylation is 1. The van der Waals surface area contributed by atoms with Crippen LogP contribution in [0, 0.1) is 0 Å². The standard InChI is InChI=1S/C16H23BN2O8/c1-16(18,15(23)24)8-19-6-10(7-19)27-11-3-2-9(4-5-17(25)26)13(20)12(11)14(21)22/h2-3,10,20,25-26H,4-8,18H2,1H3,(H,21,22)(H,23,24)/t16-/m0/s1. The van der Waals surface area contributed by atoms with Gasteiger partial charge in [0.15, 0.2) is 0 Å². The van der Waals surface area contributed by atoms with Crippen molar-refractivity contribution in [1.82, 2.24) is 4.90 Å². The highest BCUT2D eigenvalue weighted by atomic mass is 16.5. The first-order valence-corrected chi connectivity index (χ1v) is 8.37. The van der Waals surface area contributed by atoms with Gasteiger partial charge in [0.2, 0.25) is 0 Å². The average Bonchev–Trinajstić information content (AvgIpc) is 2.51. The second kappa shape index (κ2) is 8.13. The molecule has 1 saturated heterocycles. The maximum atomic E-state index is 11.5. The molecule has 1 aliphatic rings. The molecular weight excluding hydrogens is 359 g/mol. The number of phenols is 1. The zero-order valence-corrected chi connectivity index (χ0v) is 14.8. The Bertz CT molecular complexity index is 719. The van der Waals surface area contributed by atoms with Crippen LogP contribution in [0.1, 0.15) is 22.8 Å². The monoisotopic (exact) mass is 382 g/mol. The number of hydrogen-bond acceptors (Lipinski definition) is 8. The van der Waals surface area contributed by atoms with Crippen molar-refractivity contribution in [2.24, 2.45) is 5.73 Å². The summed E-state index contributed by atoms with van der Waals surface area (Å²) in [6, 6.07) is 2.88. The van der Waals surface area contributed by atoms with Gasteiger partial charge in [-0.2, -0.15) is 0 Å². The van der Waals surface area contributed by atoms with Crippen LogP contribution in [0.3, 0.4) is 0 Å². The van der Waals surface area contributed by atoms with Crippen LogP contribution in [0.4, 0.5) is 0 Å². The van der Waals surface area contributed by atoms with Gasteiger partial charge in [0, 0.05) is 19.6 Å². The SMILES string of the molecule is C[C@](N)(CN1CC(Oc2ccc(CCB(O)O)c(O)c2C(=O)O)C1)C(=O)O. The number of likely N-dealkylation sites (tertiary alicyclic amines) is 1. The molecule has 0 aliphatic carbocycles. The molecule has 1 atom stereocenters. The Kier molecular flexibility index (Phi) is 6.32. The molecule has 0 unspecified atom stereocenters. The minimum absolute atomic E-state index is 0.00769. The van der Waals surface area contributed by atoms with Crippen LogP contribution < -0.4 is 10.5 Å². The molecule has 10 nitrogen and oxygen atoms in total. The third-order valence-electron chi connectivity index (χ3n) is 4.37. The van der Waals surface area contributed by atoms with Gasteiger partial charge in [-0.3, -0.25) is 9.69 Å². The summed E-state index contributed by atoms with van der Waals surface area (Å²) in [6.45, 7) is 2.28. The molecule has 2 rings (SSSR count).